The van der Waals surface area contributed by atoms with Crippen LogP contribution in [0, 0.1) is 0 Å². The molecule has 2 aromatic rings. The van der Waals surface area contributed by atoms with Crippen LogP contribution in [0.5, 0.6) is 0 Å². The van der Waals surface area contributed by atoms with E-state index in [4.69, 9.17) is 10.3 Å². The van der Waals surface area contributed by atoms with Gasteiger partial charge >= 0.3 is 0 Å². The maximum Gasteiger partial charge on any atom is 0.127 e. The molecule has 0 aliphatic carbocycles. The molecule has 2 aromatic heterocycles. The fourth-order valence-corrected chi connectivity index (χ4v) is 1.63. The largest absolute Gasteiger partial charge is 0.467 e. The number of rotatable bonds is 3. The van der Waals surface area contributed by atoms with Crippen molar-refractivity contribution < 1.29 is 4.42 Å². The molecule has 0 bridgehead atoms. The molecule has 6 heteroatoms. The van der Waals surface area contributed by atoms with Gasteiger partial charge in [0.1, 0.15) is 11.8 Å². The molecule has 0 spiro atoms. The third-order valence-corrected chi connectivity index (χ3v) is 2.39. The minimum absolute atomic E-state index is 0.157. The SMILES string of the molecule is NNC(c1ccco1)c1cnns1. The summed E-state index contributed by atoms with van der Waals surface area (Å²) in [6.45, 7) is 0. The molecule has 0 aliphatic rings. The van der Waals surface area contributed by atoms with Crippen molar-refractivity contribution in [2.45, 2.75) is 6.04 Å². The van der Waals surface area contributed by atoms with Crippen LogP contribution in [0.4, 0.5) is 0 Å². The van der Waals surface area contributed by atoms with Crippen LogP contribution in [0.3, 0.4) is 0 Å². The van der Waals surface area contributed by atoms with Crippen LogP contribution in [0.2, 0.25) is 0 Å². The molecule has 13 heavy (non-hydrogen) atoms. The first kappa shape index (κ1) is 8.36. The minimum atomic E-state index is -0.157. The predicted molar refractivity (Wildman–Crippen MR) is 47.8 cm³/mol. The number of nitrogens with two attached hydrogens (primary N) is 1. The Labute approximate surface area is 78.7 Å². The molecule has 5 nitrogen and oxygen atoms in total. The third-order valence-electron chi connectivity index (χ3n) is 1.66. The zero-order chi connectivity index (χ0) is 9.10. The second-order valence-corrected chi connectivity index (χ2v) is 3.25. The van der Waals surface area contributed by atoms with Crippen LogP contribution in [0.15, 0.2) is 29.0 Å². The van der Waals surface area contributed by atoms with Crippen LogP contribution < -0.4 is 11.3 Å². The van der Waals surface area contributed by atoms with E-state index in [1.807, 2.05) is 12.1 Å². The summed E-state index contributed by atoms with van der Waals surface area (Å²) in [4.78, 5) is 0.928. The molecule has 0 amide bonds. The van der Waals surface area contributed by atoms with Gasteiger partial charge in [-0.2, -0.15) is 0 Å². The van der Waals surface area contributed by atoms with Gasteiger partial charge in [0.2, 0.25) is 0 Å². The zero-order valence-electron chi connectivity index (χ0n) is 6.68. The average molecular weight is 196 g/mol. The van der Waals surface area contributed by atoms with Gasteiger partial charge in [-0.3, -0.25) is 5.84 Å². The van der Waals surface area contributed by atoms with E-state index in [1.165, 1.54) is 11.5 Å². The topological polar surface area (TPSA) is 77.0 Å². The Bertz CT molecular complexity index is 310. The molecule has 1 atom stereocenters. The van der Waals surface area contributed by atoms with Crippen LogP contribution in [0.25, 0.3) is 0 Å². The van der Waals surface area contributed by atoms with Gasteiger partial charge in [0.15, 0.2) is 0 Å². The summed E-state index contributed by atoms with van der Waals surface area (Å²) >= 11 is 1.29. The third kappa shape index (κ3) is 1.59. The molecule has 0 aromatic carbocycles. The molecule has 0 fully saturated rings. The van der Waals surface area contributed by atoms with Crippen molar-refractivity contribution in [3.8, 4) is 0 Å². The van der Waals surface area contributed by atoms with E-state index in [-0.39, 0.29) is 6.04 Å². The number of aromatic nitrogens is 2. The van der Waals surface area contributed by atoms with Gasteiger partial charge < -0.3 is 4.42 Å². The molecular weight excluding hydrogens is 188 g/mol. The van der Waals surface area contributed by atoms with E-state index in [9.17, 15) is 0 Å². The number of nitrogens with zero attached hydrogens (tertiary/aromatic N) is 2. The number of nitrogens with one attached hydrogen (secondary N) is 1. The van der Waals surface area contributed by atoms with E-state index in [2.05, 4.69) is 15.0 Å². The van der Waals surface area contributed by atoms with Crippen molar-refractivity contribution in [2.75, 3.05) is 0 Å². The smallest absolute Gasteiger partial charge is 0.127 e. The molecule has 3 N–H and O–H groups in total. The molecule has 68 valence electrons. The summed E-state index contributed by atoms with van der Waals surface area (Å²) in [6.07, 6.45) is 3.27. The van der Waals surface area contributed by atoms with Crippen LogP contribution in [0.1, 0.15) is 16.7 Å². The maximum absolute atomic E-state index is 5.40. The van der Waals surface area contributed by atoms with Gasteiger partial charge in [-0.15, -0.1) is 5.10 Å². The first-order valence-corrected chi connectivity index (χ1v) is 4.46. The summed E-state index contributed by atoms with van der Waals surface area (Å²) in [5.41, 5.74) is 2.64. The van der Waals surface area contributed by atoms with Gasteiger partial charge in [-0.25, -0.2) is 5.43 Å². The average Bonchev–Trinajstić information content (AvgIpc) is 2.76. The minimum Gasteiger partial charge on any atom is -0.467 e. The Kier molecular flexibility index (Phi) is 2.35. The highest BCUT2D eigenvalue weighted by molar-refractivity contribution is 7.05. The highest BCUT2D eigenvalue weighted by Gasteiger charge is 2.16. The molecule has 2 rings (SSSR count). The van der Waals surface area contributed by atoms with Crippen LogP contribution >= 0.6 is 11.5 Å². The second-order valence-electron chi connectivity index (χ2n) is 2.43. The summed E-state index contributed by atoms with van der Waals surface area (Å²) in [5.74, 6) is 6.15. The Balaban J connectivity index is 2.29. The second kappa shape index (κ2) is 3.65. The molecular formula is C7H8N4OS. The van der Waals surface area contributed by atoms with Crippen LogP contribution in [-0.4, -0.2) is 9.59 Å². The summed E-state index contributed by atoms with van der Waals surface area (Å²) < 4.78 is 8.97. The lowest BCUT2D eigenvalue weighted by Gasteiger charge is -2.08. The van der Waals surface area contributed by atoms with Crippen molar-refractivity contribution >= 4 is 11.5 Å². The van der Waals surface area contributed by atoms with Crippen molar-refractivity contribution in [2.24, 2.45) is 5.84 Å². The molecule has 0 saturated carbocycles. The van der Waals surface area contributed by atoms with Crippen molar-refractivity contribution in [3.63, 3.8) is 0 Å². The Morgan fingerprint density at radius 3 is 3.08 bits per heavy atom. The normalized spacial score (nSPS) is 13.0. The van der Waals surface area contributed by atoms with Gasteiger partial charge in [-0.05, 0) is 23.7 Å². The maximum atomic E-state index is 5.40. The standard InChI is InChI=1S/C7H8N4OS/c8-10-7(5-2-1-3-12-5)6-4-9-11-13-6/h1-4,7,10H,8H2. The zero-order valence-corrected chi connectivity index (χ0v) is 7.49. The van der Waals surface area contributed by atoms with Crippen LogP contribution in [-0.2, 0) is 0 Å². The molecule has 0 saturated heterocycles. The quantitative estimate of drug-likeness (QED) is 0.557. The molecule has 2 heterocycles. The van der Waals surface area contributed by atoms with Crippen molar-refractivity contribution in [1.82, 2.24) is 15.0 Å². The van der Waals surface area contributed by atoms with E-state index in [0.29, 0.717) is 0 Å². The lowest BCUT2D eigenvalue weighted by atomic mass is 10.2. The van der Waals surface area contributed by atoms with E-state index >= 15 is 0 Å². The van der Waals surface area contributed by atoms with Gasteiger partial charge in [0.05, 0.1) is 17.3 Å². The Hall–Kier alpha value is -1.24. The fraction of sp³-hybridized carbons (Fsp3) is 0.143. The fourth-order valence-electron chi connectivity index (χ4n) is 1.06. The molecule has 0 aliphatic heterocycles. The van der Waals surface area contributed by atoms with Crippen molar-refractivity contribution in [3.05, 3.63) is 35.2 Å². The molecule has 1 unspecified atom stereocenters. The van der Waals surface area contributed by atoms with Gasteiger partial charge in [-0.1, -0.05) is 4.49 Å². The monoisotopic (exact) mass is 196 g/mol. The van der Waals surface area contributed by atoms with Gasteiger partial charge in [0, 0.05) is 0 Å². The Morgan fingerprint density at radius 1 is 1.62 bits per heavy atom. The summed E-state index contributed by atoms with van der Waals surface area (Å²) in [6, 6.07) is 3.51. The number of furan rings is 1. The first-order chi connectivity index (χ1) is 6.42. The molecule has 0 radical (unpaired) electrons. The number of hydrogen-bond acceptors (Lipinski definition) is 6. The van der Waals surface area contributed by atoms with Gasteiger partial charge in [0.25, 0.3) is 0 Å². The lowest BCUT2D eigenvalue weighted by Crippen LogP contribution is -2.27. The number of hydrogen-bond donors (Lipinski definition) is 2. The Morgan fingerprint density at radius 2 is 2.54 bits per heavy atom. The highest BCUT2D eigenvalue weighted by Crippen LogP contribution is 2.22. The predicted octanol–water partition coefficient (Wildman–Crippen LogP) is 0.684. The summed E-state index contributed by atoms with van der Waals surface area (Å²) in [5, 5.41) is 3.73. The number of hydrazine groups is 1. The first-order valence-electron chi connectivity index (χ1n) is 3.68. The van der Waals surface area contributed by atoms with Crippen molar-refractivity contribution in [1.29, 1.82) is 0 Å². The van der Waals surface area contributed by atoms with E-state index in [1.54, 1.807) is 12.5 Å². The van der Waals surface area contributed by atoms with E-state index < -0.39 is 0 Å². The lowest BCUT2D eigenvalue weighted by molar-refractivity contribution is 0.455. The van der Waals surface area contributed by atoms with E-state index in [0.717, 1.165) is 10.6 Å². The summed E-state index contributed by atoms with van der Waals surface area (Å²) in [7, 11) is 0. The highest BCUT2D eigenvalue weighted by atomic mass is 32.1.